The predicted octanol–water partition coefficient (Wildman–Crippen LogP) is 5.52. The zero-order chi connectivity index (χ0) is 13.5. The van der Waals surface area contributed by atoms with Gasteiger partial charge in [-0.15, -0.1) is 0 Å². The van der Waals surface area contributed by atoms with Crippen LogP contribution in [0.1, 0.15) is 67.2 Å². The van der Waals surface area contributed by atoms with Gasteiger partial charge >= 0.3 is 0 Å². The molecule has 0 heterocycles. The highest BCUT2D eigenvalue weighted by Crippen LogP contribution is 2.64. The molecule has 102 valence electrons. The molecule has 1 unspecified atom stereocenters. The van der Waals surface area contributed by atoms with Gasteiger partial charge in [0.25, 0.3) is 5.92 Å². The second-order valence-electron chi connectivity index (χ2n) is 7.12. The summed E-state index contributed by atoms with van der Waals surface area (Å²) < 4.78 is 24.9. The van der Waals surface area contributed by atoms with E-state index in [9.17, 15) is 8.78 Å². The van der Waals surface area contributed by atoms with Crippen molar-refractivity contribution in [3.8, 4) is 0 Å². The van der Waals surface area contributed by atoms with E-state index < -0.39 is 11.3 Å². The van der Waals surface area contributed by atoms with Gasteiger partial charge < -0.3 is 0 Å². The van der Waals surface area contributed by atoms with Crippen LogP contribution in [-0.2, 0) is 0 Å². The maximum Gasteiger partial charge on any atom is 0.254 e. The second-order valence-corrected chi connectivity index (χ2v) is 7.12. The van der Waals surface area contributed by atoms with Crippen LogP contribution < -0.4 is 0 Å². The highest BCUT2D eigenvalue weighted by atomic mass is 19.3. The van der Waals surface area contributed by atoms with E-state index in [0.29, 0.717) is 0 Å². The minimum Gasteiger partial charge on any atom is -0.206 e. The van der Waals surface area contributed by atoms with Gasteiger partial charge in [0, 0.05) is 11.8 Å². The molecule has 0 amide bonds. The van der Waals surface area contributed by atoms with Crippen molar-refractivity contribution in [2.45, 2.75) is 73.1 Å². The van der Waals surface area contributed by atoms with Crippen molar-refractivity contribution in [1.29, 1.82) is 0 Å². The molecular formula is C15H28F2. The molecular weight excluding hydrogens is 218 g/mol. The molecule has 0 radical (unpaired) electrons. The number of halogens is 2. The summed E-state index contributed by atoms with van der Waals surface area (Å²) in [5.74, 6) is -1.37. The van der Waals surface area contributed by atoms with Crippen LogP contribution in [0.2, 0.25) is 0 Å². The number of rotatable bonds is 2. The third-order valence-electron chi connectivity index (χ3n) is 5.46. The monoisotopic (exact) mass is 246 g/mol. The van der Waals surface area contributed by atoms with Gasteiger partial charge in [0.1, 0.15) is 0 Å². The maximum atomic E-state index is 12.4. The minimum atomic E-state index is -2.37. The van der Waals surface area contributed by atoms with Crippen LogP contribution in [0.5, 0.6) is 0 Å². The molecule has 17 heavy (non-hydrogen) atoms. The first-order chi connectivity index (χ1) is 7.55. The minimum absolute atomic E-state index is 0.0810. The highest BCUT2D eigenvalue weighted by Gasteiger charge is 2.68. The van der Waals surface area contributed by atoms with Crippen molar-refractivity contribution in [2.75, 3.05) is 0 Å². The van der Waals surface area contributed by atoms with Crippen molar-refractivity contribution < 1.29 is 8.78 Å². The molecule has 0 bridgehead atoms. The zero-order valence-corrected chi connectivity index (χ0v) is 12.2. The Morgan fingerprint density at radius 3 is 1.29 bits per heavy atom. The van der Waals surface area contributed by atoms with E-state index in [1.807, 2.05) is 13.8 Å². The maximum absolute atomic E-state index is 12.4. The number of hydrogen-bond acceptors (Lipinski definition) is 0. The van der Waals surface area contributed by atoms with Gasteiger partial charge in [-0.25, -0.2) is 8.78 Å². The topological polar surface area (TPSA) is 0 Å². The Bertz CT molecular complexity index is 264. The summed E-state index contributed by atoms with van der Waals surface area (Å²) >= 11 is 0. The molecule has 0 nitrogen and oxygen atoms in total. The summed E-state index contributed by atoms with van der Waals surface area (Å²) in [6.07, 6.45) is 4.47. The van der Waals surface area contributed by atoms with Crippen LogP contribution in [0.25, 0.3) is 0 Å². The van der Waals surface area contributed by atoms with Gasteiger partial charge in [0.05, 0.1) is 0 Å². The van der Waals surface area contributed by atoms with E-state index in [2.05, 4.69) is 20.8 Å². The molecule has 0 saturated heterocycles. The first-order valence-corrected chi connectivity index (χ1v) is 6.93. The molecule has 2 aliphatic rings. The first kappa shape index (κ1) is 14.9. The van der Waals surface area contributed by atoms with Gasteiger partial charge in [-0.05, 0) is 30.1 Å². The summed E-state index contributed by atoms with van der Waals surface area (Å²) in [5.41, 5.74) is 0.0347. The molecule has 2 rings (SSSR count). The van der Waals surface area contributed by atoms with Crippen molar-refractivity contribution in [3.63, 3.8) is 0 Å². The van der Waals surface area contributed by atoms with E-state index in [1.54, 1.807) is 6.92 Å². The molecule has 1 atom stereocenters. The van der Waals surface area contributed by atoms with Crippen molar-refractivity contribution >= 4 is 0 Å². The lowest BCUT2D eigenvalue weighted by atomic mass is 9.64. The highest BCUT2D eigenvalue weighted by molar-refractivity contribution is 5.08. The van der Waals surface area contributed by atoms with Crippen LogP contribution in [0, 0.1) is 22.7 Å². The molecule has 0 aliphatic heterocycles. The third-order valence-corrected chi connectivity index (χ3v) is 5.46. The average molecular weight is 246 g/mol. The Hall–Kier alpha value is -0.140. The Morgan fingerprint density at radius 2 is 1.29 bits per heavy atom. The molecule has 0 spiro atoms. The molecule has 2 heteroatoms. The van der Waals surface area contributed by atoms with Crippen molar-refractivity contribution in [2.24, 2.45) is 22.7 Å². The molecule has 0 N–H and O–H groups in total. The third kappa shape index (κ3) is 2.82. The quantitative estimate of drug-likeness (QED) is 0.601. The molecule has 0 aromatic carbocycles. The fourth-order valence-corrected chi connectivity index (χ4v) is 2.36. The summed E-state index contributed by atoms with van der Waals surface area (Å²) in [6.45, 7) is 12.4. The van der Waals surface area contributed by atoms with Crippen LogP contribution in [0.4, 0.5) is 8.78 Å². The van der Waals surface area contributed by atoms with E-state index in [1.165, 1.54) is 19.3 Å². The summed E-state index contributed by atoms with van der Waals surface area (Å²) in [7, 11) is 0. The average Bonchev–Trinajstić information content (AvgIpc) is 2.64. The van der Waals surface area contributed by atoms with Crippen molar-refractivity contribution in [3.05, 3.63) is 0 Å². The Labute approximate surface area is 105 Å². The van der Waals surface area contributed by atoms with Crippen LogP contribution in [-0.4, -0.2) is 5.92 Å². The fraction of sp³-hybridized carbons (Fsp3) is 1.00. The Balaban J connectivity index is 0.000000171. The van der Waals surface area contributed by atoms with Gasteiger partial charge in [-0.2, -0.15) is 0 Å². The Kier molecular flexibility index (Phi) is 3.96. The summed E-state index contributed by atoms with van der Waals surface area (Å²) in [5, 5.41) is 0. The molecule has 0 aromatic rings. The second kappa shape index (κ2) is 4.51. The molecule has 0 aromatic heterocycles. The van der Waals surface area contributed by atoms with Crippen LogP contribution in [0.15, 0.2) is 0 Å². The fourth-order valence-electron chi connectivity index (χ4n) is 2.36. The zero-order valence-electron chi connectivity index (χ0n) is 12.2. The van der Waals surface area contributed by atoms with E-state index in [-0.39, 0.29) is 12.3 Å². The molecule has 2 fully saturated rings. The SMILES string of the molecule is CC(C)C1(C)CC1(F)F.CC(C)C1(C)CCC1. The lowest BCUT2D eigenvalue weighted by molar-refractivity contribution is 0.0529. The van der Waals surface area contributed by atoms with Gasteiger partial charge in [0.2, 0.25) is 0 Å². The number of hydrogen-bond donors (Lipinski definition) is 0. The lowest BCUT2D eigenvalue weighted by Gasteiger charge is -2.42. The molecule has 2 saturated carbocycles. The van der Waals surface area contributed by atoms with Crippen LogP contribution in [0.3, 0.4) is 0 Å². The van der Waals surface area contributed by atoms with E-state index >= 15 is 0 Å². The standard InChI is InChI=1S/C8H16.C7H12F2/c1-7(2)8(3)5-4-6-8;1-5(2)6(3)4-7(6,8)9/h7H,4-6H2,1-3H3;5H,4H2,1-3H3. The Morgan fingerprint density at radius 1 is 0.882 bits per heavy atom. The van der Waals surface area contributed by atoms with E-state index in [0.717, 1.165) is 11.3 Å². The molecule has 2 aliphatic carbocycles. The van der Waals surface area contributed by atoms with Gasteiger partial charge in [-0.3, -0.25) is 0 Å². The largest absolute Gasteiger partial charge is 0.254 e. The summed E-state index contributed by atoms with van der Waals surface area (Å²) in [6, 6.07) is 0. The normalized spacial score (nSPS) is 32.8. The lowest BCUT2D eigenvalue weighted by Crippen LogP contribution is -2.30. The predicted molar refractivity (Wildman–Crippen MR) is 69.3 cm³/mol. The summed E-state index contributed by atoms with van der Waals surface area (Å²) in [4.78, 5) is 0. The van der Waals surface area contributed by atoms with Crippen LogP contribution >= 0.6 is 0 Å². The van der Waals surface area contributed by atoms with E-state index in [4.69, 9.17) is 0 Å². The van der Waals surface area contributed by atoms with Gasteiger partial charge in [-0.1, -0.05) is 48.0 Å². The van der Waals surface area contributed by atoms with Gasteiger partial charge in [0.15, 0.2) is 0 Å². The number of alkyl halides is 2. The smallest absolute Gasteiger partial charge is 0.206 e. The van der Waals surface area contributed by atoms with Crippen molar-refractivity contribution in [1.82, 2.24) is 0 Å². The first-order valence-electron chi connectivity index (χ1n) is 6.93.